The number of aryl methyl sites for hydroxylation is 1. The van der Waals surface area contributed by atoms with E-state index in [2.05, 4.69) is 31.2 Å². The van der Waals surface area contributed by atoms with Crippen LogP contribution in [0.25, 0.3) is 0 Å². The zero-order valence-electron chi connectivity index (χ0n) is 7.72. The van der Waals surface area contributed by atoms with Crippen LogP contribution in [0.5, 0.6) is 0 Å². The van der Waals surface area contributed by atoms with Crippen molar-refractivity contribution in [1.82, 2.24) is 0 Å². The van der Waals surface area contributed by atoms with Gasteiger partial charge in [0.05, 0.1) is 0 Å². The second kappa shape index (κ2) is 4.45. The highest BCUT2D eigenvalue weighted by atomic mass is 14.3. The van der Waals surface area contributed by atoms with Gasteiger partial charge in [-0.3, -0.25) is 0 Å². The van der Waals surface area contributed by atoms with E-state index in [9.17, 15) is 0 Å². The van der Waals surface area contributed by atoms with Gasteiger partial charge in [-0.1, -0.05) is 45.0 Å². The predicted molar refractivity (Wildman–Crippen MR) is 59.1 cm³/mol. The normalized spacial score (nSPS) is 16.1. The summed E-state index contributed by atoms with van der Waals surface area (Å²) in [5.41, 5.74) is 3.17. The zero-order chi connectivity index (χ0) is 8.39. The van der Waals surface area contributed by atoms with Gasteiger partial charge < -0.3 is 0 Å². The second-order valence-electron chi connectivity index (χ2n) is 3.68. The van der Waals surface area contributed by atoms with Crippen LogP contribution in [-0.4, -0.2) is 0 Å². The van der Waals surface area contributed by atoms with E-state index >= 15 is 0 Å². The summed E-state index contributed by atoms with van der Waals surface area (Å²) in [5, 5.41) is 0. The molecule has 1 aliphatic rings. The molecule has 1 aromatic carbocycles. The first-order valence-corrected chi connectivity index (χ1v) is 4.99. The van der Waals surface area contributed by atoms with Gasteiger partial charge in [0.2, 0.25) is 0 Å². The monoisotopic (exact) mass is 176 g/mol. The Labute approximate surface area is 82.0 Å². The van der Waals surface area contributed by atoms with Crippen LogP contribution in [0.3, 0.4) is 0 Å². The van der Waals surface area contributed by atoms with E-state index in [4.69, 9.17) is 0 Å². The second-order valence-corrected chi connectivity index (χ2v) is 3.68. The highest BCUT2D eigenvalue weighted by molar-refractivity contribution is 5.31. The Hall–Kier alpha value is -0.780. The minimum absolute atomic E-state index is 0. The molecule has 0 amide bonds. The van der Waals surface area contributed by atoms with Crippen molar-refractivity contribution in [3.63, 3.8) is 0 Å². The van der Waals surface area contributed by atoms with E-state index in [1.54, 1.807) is 11.1 Å². The zero-order valence-corrected chi connectivity index (χ0v) is 7.72. The van der Waals surface area contributed by atoms with Crippen LogP contribution in [0.2, 0.25) is 0 Å². The predicted octanol–water partition coefficient (Wildman–Crippen LogP) is 4.15. The minimum Gasteiger partial charge on any atom is -0.0776 e. The molecule has 0 unspecified atom stereocenters. The first-order valence-electron chi connectivity index (χ1n) is 4.99. The van der Waals surface area contributed by atoms with E-state index in [0.29, 0.717) is 0 Å². The van der Waals surface area contributed by atoms with Gasteiger partial charge in [0, 0.05) is 0 Å². The maximum atomic E-state index is 2.31. The van der Waals surface area contributed by atoms with Crippen molar-refractivity contribution in [1.29, 1.82) is 0 Å². The molecule has 0 spiro atoms. The smallest absolute Gasteiger partial charge is 0.0159 e. The van der Waals surface area contributed by atoms with Crippen LogP contribution in [-0.2, 0) is 6.42 Å². The van der Waals surface area contributed by atoms with E-state index in [1.165, 1.54) is 25.7 Å². The van der Waals surface area contributed by atoms with E-state index in [1.807, 2.05) is 0 Å². The molecule has 0 aliphatic heterocycles. The molecular formula is C13H20. The lowest BCUT2D eigenvalue weighted by Crippen LogP contribution is -2.10. The summed E-state index contributed by atoms with van der Waals surface area (Å²) in [4.78, 5) is 0. The number of hydrogen-bond donors (Lipinski definition) is 0. The van der Waals surface area contributed by atoms with Gasteiger partial charge in [-0.15, -0.1) is 0 Å². The summed E-state index contributed by atoms with van der Waals surface area (Å²) in [7, 11) is 0. The Bertz CT molecular complexity index is 258. The SMILES string of the molecule is C.CCc1ccccc1C1CCC1. The summed E-state index contributed by atoms with van der Waals surface area (Å²) in [6, 6.07) is 8.91. The van der Waals surface area contributed by atoms with Crippen LogP contribution >= 0.6 is 0 Å². The molecule has 13 heavy (non-hydrogen) atoms. The van der Waals surface area contributed by atoms with Crippen LogP contribution in [0.1, 0.15) is 50.7 Å². The van der Waals surface area contributed by atoms with Crippen molar-refractivity contribution in [3.8, 4) is 0 Å². The summed E-state index contributed by atoms with van der Waals surface area (Å²) >= 11 is 0. The van der Waals surface area contributed by atoms with Crippen LogP contribution in [0.15, 0.2) is 24.3 Å². The Morgan fingerprint density at radius 2 is 1.92 bits per heavy atom. The highest BCUT2D eigenvalue weighted by Gasteiger charge is 2.20. The Morgan fingerprint density at radius 1 is 1.23 bits per heavy atom. The van der Waals surface area contributed by atoms with Crippen molar-refractivity contribution in [3.05, 3.63) is 35.4 Å². The third-order valence-electron chi connectivity index (χ3n) is 2.98. The van der Waals surface area contributed by atoms with Gasteiger partial charge in [0.1, 0.15) is 0 Å². The maximum absolute atomic E-state index is 2.31. The molecule has 1 fully saturated rings. The molecule has 0 saturated heterocycles. The van der Waals surface area contributed by atoms with Gasteiger partial charge in [-0.2, -0.15) is 0 Å². The summed E-state index contributed by atoms with van der Waals surface area (Å²) < 4.78 is 0. The van der Waals surface area contributed by atoms with Gasteiger partial charge in [0.15, 0.2) is 0 Å². The topological polar surface area (TPSA) is 0 Å². The molecule has 0 heterocycles. The standard InChI is InChI=1S/C12H16.CH4/c1-2-10-6-3-4-9-12(10)11-7-5-8-11;/h3-4,6,9,11H,2,5,7-8H2,1H3;1H4. The van der Waals surface area contributed by atoms with E-state index in [0.717, 1.165) is 5.92 Å². The number of rotatable bonds is 2. The van der Waals surface area contributed by atoms with Crippen LogP contribution in [0, 0.1) is 0 Å². The third-order valence-corrected chi connectivity index (χ3v) is 2.98. The molecule has 1 aromatic rings. The fourth-order valence-electron chi connectivity index (χ4n) is 1.97. The lowest BCUT2D eigenvalue weighted by atomic mass is 9.78. The van der Waals surface area contributed by atoms with Gasteiger partial charge in [-0.25, -0.2) is 0 Å². The Kier molecular flexibility index (Phi) is 3.53. The molecule has 0 nitrogen and oxygen atoms in total. The summed E-state index contributed by atoms with van der Waals surface area (Å²) in [6.07, 6.45) is 5.45. The molecule has 0 atom stereocenters. The molecular weight excluding hydrogens is 156 g/mol. The van der Waals surface area contributed by atoms with Gasteiger partial charge in [-0.05, 0) is 36.3 Å². The summed E-state index contributed by atoms with van der Waals surface area (Å²) in [5.74, 6) is 0.890. The van der Waals surface area contributed by atoms with Crippen LogP contribution in [0.4, 0.5) is 0 Å². The molecule has 2 rings (SSSR count). The van der Waals surface area contributed by atoms with Crippen molar-refractivity contribution in [2.45, 2.75) is 46.0 Å². The van der Waals surface area contributed by atoms with Crippen molar-refractivity contribution in [2.24, 2.45) is 0 Å². The van der Waals surface area contributed by atoms with Crippen molar-refractivity contribution in [2.75, 3.05) is 0 Å². The molecule has 1 saturated carbocycles. The van der Waals surface area contributed by atoms with Gasteiger partial charge in [0.25, 0.3) is 0 Å². The minimum atomic E-state index is 0. The largest absolute Gasteiger partial charge is 0.0776 e. The first-order chi connectivity index (χ1) is 5.92. The molecule has 0 N–H and O–H groups in total. The average Bonchev–Trinajstić information content (AvgIpc) is 2.02. The Morgan fingerprint density at radius 3 is 2.46 bits per heavy atom. The maximum Gasteiger partial charge on any atom is -0.0159 e. The molecule has 0 aromatic heterocycles. The molecule has 72 valence electrons. The summed E-state index contributed by atoms with van der Waals surface area (Å²) in [6.45, 7) is 2.25. The van der Waals surface area contributed by atoms with E-state index < -0.39 is 0 Å². The molecule has 0 radical (unpaired) electrons. The first kappa shape index (κ1) is 10.3. The fourth-order valence-corrected chi connectivity index (χ4v) is 1.97. The molecule has 0 heteroatoms. The fraction of sp³-hybridized carbons (Fsp3) is 0.538. The van der Waals surface area contributed by atoms with Gasteiger partial charge >= 0.3 is 0 Å². The quantitative estimate of drug-likeness (QED) is 0.635. The number of benzene rings is 1. The van der Waals surface area contributed by atoms with Crippen molar-refractivity contribution >= 4 is 0 Å². The highest BCUT2D eigenvalue weighted by Crippen LogP contribution is 2.37. The Balaban J connectivity index is 0.000000845. The molecule has 0 bridgehead atoms. The lowest BCUT2D eigenvalue weighted by molar-refractivity contribution is 0.417. The average molecular weight is 176 g/mol. The van der Waals surface area contributed by atoms with E-state index in [-0.39, 0.29) is 7.43 Å². The lowest BCUT2D eigenvalue weighted by Gasteiger charge is -2.27. The van der Waals surface area contributed by atoms with Crippen molar-refractivity contribution < 1.29 is 0 Å². The molecule has 1 aliphatic carbocycles. The van der Waals surface area contributed by atoms with Crippen LogP contribution < -0.4 is 0 Å². The number of hydrogen-bond acceptors (Lipinski definition) is 0. The third kappa shape index (κ3) is 1.93.